The van der Waals surface area contributed by atoms with Crippen molar-refractivity contribution in [1.29, 1.82) is 0 Å². The number of aliphatic hydroxyl groups excluding tert-OH is 1. The molecule has 1 aromatic rings. The lowest BCUT2D eigenvalue weighted by Crippen LogP contribution is -2.29. The molecule has 1 unspecified atom stereocenters. The normalized spacial score (nSPS) is 11.4. The zero-order valence-electron chi connectivity index (χ0n) is 9.94. The van der Waals surface area contributed by atoms with Gasteiger partial charge in [0.1, 0.15) is 5.75 Å². The van der Waals surface area contributed by atoms with Gasteiger partial charge in [0, 0.05) is 0 Å². The van der Waals surface area contributed by atoms with Crippen LogP contribution < -0.4 is 10.1 Å². The molecule has 5 heteroatoms. The van der Waals surface area contributed by atoms with Crippen LogP contribution in [-0.4, -0.2) is 24.2 Å². The van der Waals surface area contributed by atoms with Crippen LogP contribution in [0.15, 0.2) is 18.2 Å². The third-order valence-electron chi connectivity index (χ3n) is 2.18. The second-order valence-corrected chi connectivity index (χ2v) is 4.04. The number of halogens is 1. The van der Waals surface area contributed by atoms with E-state index in [0.29, 0.717) is 16.3 Å². The first kappa shape index (κ1) is 14.4. The Balaban J connectivity index is 2.58. The Kier molecular flexibility index (Phi) is 5.50. The molecule has 0 aromatic heterocycles. The molecule has 0 fully saturated rings. The molecule has 1 aromatic carbocycles. The number of hydrogen-bond acceptors (Lipinski definition) is 3. The first-order chi connectivity index (χ1) is 8.54. The van der Waals surface area contributed by atoms with E-state index in [-0.39, 0.29) is 19.1 Å². The average Bonchev–Trinajstić information content (AvgIpc) is 2.34. The van der Waals surface area contributed by atoms with Crippen molar-refractivity contribution in [2.75, 3.05) is 13.2 Å². The molecule has 4 nitrogen and oxygen atoms in total. The van der Waals surface area contributed by atoms with Gasteiger partial charge in [-0.2, -0.15) is 0 Å². The van der Waals surface area contributed by atoms with Gasteiger partial charge in [0.25, 0.3) is 5.91 Å². The number of aliphatic hydroxyl groups is 1. The van der Waals surface area contributed by atoms with Crippen molar-refractivity contribution in [2.45, 2.75) is 13.0 Å². The summed E-state index contributed by atoms with van der Waals surface area (Å²) in [6, 6.07) is 4.89. The smallest absolute Gasteiger partial charge is 0.258 e. The quantitative estimate of drug-likeness (QED) is 0.796. The molecule has 2 N–H and O–H groups in total. The number of nitrogens with one attached hydrogen (secondary N) is 1. The van der Waals surface area contributed by atoms with Crippen LogP contribution in [-0.2, 0) is 4.79 Å². The van der Waals surface area contributed by atoms with Gasteiger partial charge in [-0.15, -0.1) is 6.42 Å². The van der Waals surface area contributed by atoms with Crippen molar-refractivity contribution < 1.29 is 14.6 Å². The molecule has 0 saturated heterocycles. The highest BCUT2D eigenvalue weighted by Gasteiger charge is 2.08. The van der Waals surface area contributed by atoms with Crippen molar-refractivity contribution in [3.05, 3.63) is 28.8 Å². The summed E-state index contributed by atoms with van der Waals surface area (Å²) in [6.45, 7) is 1.64. The van der Waals surface area contributed by atoms with Gasteiger partial charge in [-0.25, -0.2) is 0 Å². The first-order valence-corrected chi connectivity index (χ1v) is 5.73. The number of amides is 1. The van der Waals surface area contributed by atoms with E-state index in [4.69, 9.17) is 22.8 Å². The van der Waals surface area contributed by atoms with E-state index in [2.05, 4.69) is 11.2 Å². The Morgan fingerprint density at radius 1 is 1.67 bits per heavy atom. The lowest BCUT2D eigenvalue weighted by atomic mass is 10.1. The minimum Gasteiger partial charge on any atom is -0.482 e. The molecule has 1 atom stereocenters. The number of carbonyl (C=O) groups excluding carboxylic acids is 1. The van der Waals surface area contributed by atoms with Gasteiger partial charge >= 0.3 is 0 Å². The molecule has 0 aliphatic heterocycles. The molecular weight excluding hydrogens is 254 g/mol. The van der Waals surface area contributed by atoms with Crippen LogP contribution in [0.5, 0.6) is 5.75 Å². The Bertz CT molecular complexity index is 466. The molecule has 0 aliphatic rings. The molecule has 0 radical (unpaired) electrons. The van der Waals surface area contributed by atoms with E-state index < -0.39 is 6.10 Å². The minimum absolute atomic E-state index is 0.157. The Morgan fingerprint density at radius 2 is 2.39 bits per heavy atom. The van der Waals surface area contributed by atoms with E-state index in [1.165, 1.54) is 0 Å². The van der Waals surface area contributed by atoms with Crippen LogP contribution in [0.1, 0.15) is 18.6 Å². The van der Waals surface area contributed by atoms with Gasteiger partial charge in [-0.1, -0.05) is 23.6 Å². The molecular formula is C13H14ClNO3. The first-order valence-electron chi connectivity index (χ1n) is 5.35. The van der Waals surface area contributed by atoms with E-state index in [1.54, 1.807) is 25.1 Å². The van der Waals surface area contributed by atoms with Crippen LogP contribution in [0.2, 0.25) is 5.02 Å². The molecule has 18 heavy (non-hydrogen) atoms. The van der Waals surface area contributed by atoms with Crippen molar-refractivity contribution in [3.63, 3.8) is 0 Å². The summed E-state index contributed by atoms with van der Waals surface area (Å²) >= 11 is 5.96. The predicted octanol–water partition coefficient (Wildman–Crippen LogP) is 1.52. The highest BCUT2D eigenvalue weighted by molar-refractivity contribution is 6.32. The maximum atomic E-state index is 11.2. The summed E-state index contributed by atoms with van der Waals surface area (Å²) in [5.41, 5.74) is 0.684. The van der Waals surface area contributed by atoms with Crippen molar-refractivity contribution in [2.24, 2.45) is 0 Å². The molecule has 1 rings (SSSR count). The summed E-state index contributed by atoms with van der Waals surface area (Å²) in [5.74, 6) is 2.36. The van der Waals surface area contributed by atoms with Gasteiger partial charge in [0.2, 0.25) is 0 Å². The minimum atomic E-state index is -0.601. The number of ether oxygens (including phenoxy) is 1. The summed E-state index contributed by atoms with van der Waals surface area (Å²) in [6.07, 6.45) is 4.40. The van der Waals surface area contributed by atoms with Crippen molar-refractivity contribution in [1.82, 2.24) is 5.32 Å². The zero-order chi connectivity index (χ0) is 13.5. The SMILES string of the molecule is C#CCNC(=O)COc1ccc(C(C)O)cc1Cl. The monoisotopic (exact) mass is 267 g/mol. The van der Waals surface area contributed by atoms with Gasteiger partial charge in [0.15, 0.2) is 6.61 Å². The summed E-state index contributed by atoms with van der Waals surface area (Å²) in [4.78, 5) is 11.2. The van der Waals surface area contributed by atoms with E-state index in [9.17, 15) is 9.90 Å². The average molecular weight is 268 g/mol. The highest BCUT2D eigenvalue weighted by atomic mass is 35.5. The lowest BCUT2D eigenvalue weighted by Gasteiger charge is -2.10. The Hall–Kier alpha value is -1.70. The van der Waals surface area contributed by atoms with Crippen LogP contribution in [0, 0.1) is 12.3 Å². The summed E-state index contributed by atoms with van der Waals surface area (Å²) in [5, 5.41) is 12.2. The molecule has 0 aliphatic carbocycles. The maximum absolute atomic E-state index is 11.2. The van der Waals surface area contributed by atoms with Crippen molar-refractivity contribution >= 4 is 17.5 Å². The van der Waals surface area contributed by atoms with Gasteiger partial charge in [-0.3, -0.25) is 4.79 Å². The highest BCUT2D eigenvalue weighted by Crippen LogP contribution is 2.27. The van der Waals surface area contributed by atoms with Gasteiger partial charge < -0.3 is 15.2 Å². The number of carbonyl (C=O) groups is 1. The second-order valence-electron chi connectivity index (χ2n) is 3.64. The number of rotatable bonds is 5. The fourth-order valence-corrected chi connectivity index (χ4v) is 1.48. The zero-order valence-corrected chi connectivity index (χ0v) is 10.7. The second kappa shape index (κ2) is 6.90. The summed E-state index contributed by atoms with van der Waals surface area (Å²) in [7, 11) is 0. The van der Waals surface area contributed by atoms with E-state index in [1.807, 2.05) is 0 Å². The molecule has 0 saturated carbocycles. The number of terminal acetylenes is 1. The Labute approximate surface area is 111 Å². The maximum Gasteiger partial charge on any atom is 0.258 e. The molecule has 96 valence electrons. The van der Waals surface area contributed by atoms with Crippen LogP contribution in [0.25, 0.3) is 0 Å². The molecule has 1 amide bonds. The fraction of sp³-hybridized carbons (Fsp3) is 0.308. The van der Waals surface area contributed by atoms with Gasteiger partial charge in [-0.05, 0) is 24.6 Å². The predicted molar refractivity (Wildman–Crippen MR) is 69.4 cm³/mol. The topological polar surface area (TPSA) is 58.6 Å². The van der Waals surface area contributed by atoms with Crippen LogP contribution >= 0.6 is 11.6 Å². The third kappa shape index (κ3) is 4.28. The third-order valence-corrected chi connectivity index (χ3v) is 2.48. The number of hydrogen-bond donors (Lipinski definition) is 2. The fourth-order valence-electron chi connectivity index (χ4n) is 1.24. The number of benzene rings is 1. The Morgan fingerprint density at radius 3 is 2.94 bits per heavy atom. The molecule has 0 spiro atoms. The molecule has 0 bridgehead atoms. The molecule has 0 heterocycles. The summed E-state index contributed by atoms with van der Waals surface area (Å²) < 4.78 is 5.24. The van der Waals surface area contributed by atoms with Crippen molar-refractivity contribution in [3.8, 4) is 18.1 Å². The van der Waals surface area contributed by atoms with E-state index >= 15 is 0 Å². The van der Waals surface area contributed by atoms with Gasteiger partial charge in [0.05, 0.1) is 17.7 Å². The lowest BCUT2D eigenvalue weighted by molar-refractivity contribution is -0.122. The van der Waals surface area contributed by atoms with Crippen LogP contribution in [0.4, 0.5) is 0 Å². The standard InChI is InChI=1S/C13H14ClNO3/c1-3-6-15-13(17)8-18-12-5-4-10(9(2)16)7-11(12)14/h1,4-5,7,9,16H,6,8H2,2H3,(H,15,17). The van der Waals surface area contributed by atoms with Crippen LogP contribution in [0.3, 0.4) is 0 Å². The van der Waals surface area contributed by atoms with E-state index in [0.717, 1.165) is 0 Å². The largest absolute Gasteiger partial charge is 0.482 e.